The molecule has 0 aromatic heterocycles. The second kappa shape index (κ2) is 8.55. The van der Waals surface area contributed by atoms with Gasteiger partial charge >= 0.3 is 5.97 Å². The second-order valence-electron chi connectivity index (χ2n) is 7.06. The lowest BCUT2D eigenvalue weighted by atomic mass is 10.0. The number of carbonyl (C=O) groups is 2. The maximum atomic E-state index is 13.1. The number of rotatable bonds is 5. The molecular weight excluding hydrogens is 415 g/mol. The minimum Gasteiger partial charge on any atom is -0.493 e. The van der Waals surface area contributed by atoms with E-state index < -0.39 is 5.97 Å². The molecule has 7 heteroatoms. The van der Waals surface area contributed by atoms with Crippen LogP contribution >= 0.6 is 0 Å². The molecule has 0 spiro atoms. The number of fused-ring (bicyclic) bond motifs is 1. The number of carbonyl (C=O) groups excluding carboxylic acids is 2. The summed E-state index contributed by atoms with van der Waals surface area (Å²) in [7, 11) is 2.98. The van der Waals surface area contributed by atoms with Crippen LogP contribution < -0.4 is 18.9 Å². The van der Waals surface area contributed by atoms with Gasteiger partial charge in [0.25, 0.3) is 0 Å². The first-order chi connectivity index (χ1) is 15.4. The van der Waals surface area contributed by atoms with Crippen LogP contribution in [0.25, 0.3) is 6.08 Å². The highest BCUT2D eigenvalue weighted by Gasteiger charge is 2.30. The summed E-state index contributed by atoms with van der Waals surface area (Å²) < 4.78 is 34.7. The van der Waals surface area contributed by atoms with Gasteiger partial charge in [-0.1, -0.05) is 12.1 Å². The van der Waals surface area contributed by atoms with Crippen molar-refractivity contribution in [3.63, 3.8) is 0 Å². The monoisotopic (exact) mass is 434 g/mol. The van der Waals surface area contributed by atoms with Crippen molar-refractivity contribution in [3.05, 3.63) is 88.4 Å². The van der Waals surface area contributed by atoms with Gasteiger partial charge in [-0.05, 0) is 60.5 Å². The van der Waals surface area contributed by atoms with Crippen LogP contribution in [-0.2, 0) is 0 Å². The lowest BCUT2D eigenvalue weighted by Gasteiger charge is -2.10. The molecule has 1 aliphatic rings. The summed E-state index contributed by atoms with van der Waals surface area (Å²) in [5.41, 5.74) is 1.89. The zero-order chi connectivity index (χ0) is 22.8. The molecule has 0 aliphatic carbocycles. The summed E-state index contributed by atoms with van der Waals surface area (Å²) in [5, 5.41) is 0. The maximum absolute atomic E-state index is 13.1. The Morgan fingerprint density at radius 3 is 2.38 bits per heavy atom. The molecular formula is C25H19FO6. The molecule has 0 saturated carbocycles. The largest absolute Gasteiger partial charge is 0.493 e. The number of halogens is 1. The van der Waals surface area contributed by atoms with Gasteiger partial charge in [0.05, 0.1) is 25.3 Å². The first kappa shape index (κ1) is 21.1. The lowest BCUT2D eigenvalue weighted by Crippen LogP contribution is -2.09. The minimum atomic E-state index is -0.600. The summed E-state index contributed by atoms with van der Waals surface area (Å²) in [6, 6.07) is 13.5. The fraction of sp³-hybridized carbons (Fsp3) is 0.120. The van der Waals surface area contributed by atoms with Crippen molar-refractivity contribution < 1.29 is 32.9 Å². The van der Waals surface area contributed by atoms with Crippen molar-refractivity contribution in [2.75, 3.05) is 14.2 Å². The van der Waals surface area contributed by atoms with Gasteiger partial charge in [0, 0.05) is 6.07 Å². The van der Waals surface area contributed by atoms with E-state index in [9.17, 15) is 14.0 Å². The van der Waals surface area contributed by atoms with Gasteiger partial charge in [-0.2, -0.15) is 0 Å². The Hall–Kier alpha value is -4.13. The lowest BCUT2D eigenvalue weighted by molar-refractivity contribution is 0.0734. The Morgan fingerprint density at radius 1 is 0.969 bits per heavy atom. The third-order valence-electron chi connectivity index (χ3n) is 4.94. The number of hydrogen-bond acceptors (Lipinski definition) is 6. The number of benzene rings is 3. The van der Waals surface area contributed by atoms with E-state index in [1.807, 2.05) is 0 Å². The van der Waals surface area contributed by atoms with Crippen molar-refractivity contribution in [1.29, 1.82) is 0 Å². The van der Waals surface area contributed by atoms with Gasteiger partial charge in [0.1, 0.15) is 17.3 Å². The third kappa shape index (κ3) is 4.05. The molecule has 3 aromatic carbocycles. The van der Waals surface area contributed by atoms with Crippen LogP contribution in [0.3, 0.4) is 0 Å². The topological polar surface area (TPSA) is 71.1 Å². The molecule has 0 amide bonds. The zero-order valence-electron chi connectivity index (χ0n) is 17.6. The Balaban J connectivity index is 1.58. The molecule has 1 heterocycles. The smallest absolute Gasteiger partial charge is 0.343 e. The van der Waals surface area contributed by atoms with Crippen LogP contribution in [0.5, 0.6) is 23.0 Å². The zero-order valence-corrected chi connectivity index (χ0v) is 17.6. The molecule has 0 fully saturated rings. The van der Waals surface area contributed by atoms with Crippen molar-refractivity contribution in [2.24, 2.45) is 0 Å². The van der Waals surface area contributed by atoms with E-state index in [0.717, 1.165) is 0 Å². The van der Waals surface area contributed by atoms with E-state index in [2.05, 4.69) is 0 Å². The average molecular weight is 434 g/mol. The highest BCUT2D eigenvalue weighted by molar-refractivity contribution is 6.15. The standard InChI is InChI=1S/C25H19FO6/c1-14-10-18(31-25(28)16-6-9-19(29-2)20(12-16)30-3)13-21-23(14)24(27)22(32-21)11-15-4-7-17(26)8-5-15/h4-13H,1-3H3/b22-11-. The number of ether oxygens (including phenoxy) is 4. The van der Waals surface area contributed by atoms with Gasteiger partial charge < -0.3 is 18.9 Å². The fourth-order valence-electron chi connectivity index (χ4n) is 3.38. The van der Waals surface area contributed by atoms with Gasteiger partial charge in [-0.25, -0.2) is 9.18 Å². The van der Waals surface area contributed by atoms with Crippen molar-refractivity contribution in [1.82, 2.24) is 0 Å². The van der Waals surface area contributed by atoms with E-state index >= 15 is 0 Å². The number of allylic oxidation sites excluding steroid dienone is 1. The highest BCUT2D eigenvalue weighted by atomic mass is 19.1. The fourth-order valence-corrected chi connectivity index (χ4v) is 3.38. The van der Waals surface area contributed by atoms with Crippen LogP contribution in [0, 0.1) is 12.7 Å². The third-order valence-corrected chi connectivity index (χ3v) is 4.94. The number of Topliss-reactive ketones (excluding diaryl/α,β-unsaturated/α-hetero) is 1. The molecule has 0 unspecified atom stereocenters. The van der Waals surface area contributed by atoms with Gasteiger partial charge in [0.2, 0.25) is 5.78 Å². The van der Waals surface area contributed by atoms with E-state index in [-0.39, 0.29) is 28.7 Å². The quantitative estimate of drug-likeness (QED) is 0.320. The van der Waals surface area contributed by atoms with Crippen LogP contribution in [0.2, 0.25) is 0 Å². The molecule has 4 rings (SSSR count). The summed E-state index contributed by atoms with van der Waals surface area (Å²) in [5.74, 6) is 0.261. The molecule has 1 aliphatic heterocycles. The Morgan fingerprint density at radius 2 is 1.69 bits per heavy atom. The molecule has 0 atom stereocenters. The molecule has 6 nitrogen and oxygen atoms in total. The number of methoxy groups -OCH3 is 2. The van der Waals surface area contributed by atoms with E-state index in [1.54, 1.807) is 37.3 Å². The predicted octanol–water partition coefficient (Wildman–Crippen LogP) is 4.99. The summed E-state index contributed by atoms with van der Waals surface area (Å²) in [6.07, 6.45) is 1.54. The summed E-state index contributed by atoms with van der Waals surface area (Å²) in [4.78, 5) is 25.4. The summed E-state index contributed by atoms with van der Waals surface area (Å²) >= 11 is 0. The normalized spacial score (nSPS) is 13.5. The molecule has 0 saturated heterocycles. The van der Waals surface area contributed by atoms with Gasteiger partial charge in [0.15, 0.2) is 17.3 Å². The highest BCUT2D eigenvalue weighted by Crippen LogP contribution is 2.38. The molecule has 32 heavy (non-hydrogen) atoms. The molecule has 0 N–H and O–H groups in total. The molecule has 0 radical (unpaired) electrons. The van der Waals surface area contributed by atoms with Crippen LogP contribution in [-0.4, -0.2) is 26.0 Å². The van der Waals surface area contributed by atoms with Crippen molar-refractivity contribution >= 4 is 17.8 Å². The Bertz CT molecular complexity index is 1240. The number of aryl methyl sites for hydroxylation is 1. The average Bonchev–Trinajstić information content (AvgIpc) is 3.10. The first-order valence-corrected chi connectivity index (χ1v) is 9.68. The van der Waals surface area contributed by atoms with Crippen molar-refractivity contribution in [2.45, 2.75) is 6.92 Å². The first-order valence-electron chi connectivity index (χ1n) is 9.68. The number of esters is 1. The van der Waals surface area contributed by atoms with Crippen LogP contribution in [0.4, 0.5) is 4.39 Å². The molecule has 162 valence electrons. The number of ketones is 1. The summed E-state index contributed by atoms with van der Waals surface area (Å²) in [6.45, 7) is 1.73. The SMILES string of the molecule is COc1ccc(C(=O)Oc2cc(C)c3c(c2)O/C(=C\c2ccc(F)cc2)C3=O)cc1OC. The molecule has 0 bridgehead atoms. The van der Waals surface area contributed by atoms with Gasteiger partial charge in [-0.3, -0.25) is 4.79 Å². The molecule has 3 aromatic rings. The Labute approximate surface area is 183 Å². The van der Waals surface area contributed by atoms with Crippen LogP contribution in [0.1, 0.15) is 31.8 Å². The van der Waals surface area contributed by atoms with Crippen LogP contribution in [0.15, 0.2) is 60.4 Å². The van der Waals surface area contributed by atoms with E-state index in [4.69, 9.17) is 18.9 Å². The minimum absolute atomic E-state index is 0.109. The van der Waals surface area contributed by atoms with Gasteiger partial charge in [-0.15, -0.1) is 0 Å². The maximum Gasteiger partial charge on any atom is 0.343 e. The number of hydrogen-bond donors (Lipinski definition) is 0. The van der Waals surface area contributed by atoms with E-state index in [1.165, 1.54) is 44.6 Å². The Kier molecular flexibility index (Phi) is 5.64. The van der Waals surface area contributed by atoms with Crippen molar-refractivity contribution in [3.8, 4) is 23.0 Å². The van der Waals surface area contributed by atoms with E-state index in [0.29, 0.717) is 33.9 Å². The second-order valence-corrected chi connectivity index (χ2v) is 7.06. The predicted molar refractivity (Wildman–Crippen MR) is 115 cm³/mol.